The number of nitrogens with one attached hydrogen (secondary N) is 3. The van der Waals surface area contributed by atoms with Crippen LogP contribution in [-0.2, 0) is 11.0 Å². The van der Waals surface area contributed by atoms with Crippen LogP contribution in [0.3, 0.4) is 0 Å². The lowest BCUT2D eigenvalue weighted by Gasteiger charge is -2.31. The number of quaternary nitrogens is 1. The second-order valence-corrected chi connectivity index (χ2v) is 7.54. The minimum absolute atomic E-state index is 0.0138. The molecule has 3 rings (SSSR count). The van der Waals surface area contributed by atoms with Gasteiger partial charge in [0.1, 0.15) is 37.4 Å². The number of rotatable bonds is 4. The molecule has 30 heavy (non-hydrogen) atoms. The number of carbonyl (C=O) groups is 1. The Bertz CT molecular complexity index is 950. The van der Waals surface area contributed by atoms with Gasteiger partial charge in [-0.2, -0.15) is 18.4 Å². The van der Waals surface area contributed by atoms with E-state index in [9.17, 15) is 18.0 Å². The fourth-order valence-electron chi connectivity index (χ4n) is 3.38. The Kier molecular flexibility index (Phi) is 6.48. The summed E-state index contributed by atoms with van der Waals surface area (Å²) in [5.41, 5.74) is 0.310. The first-order valence-electron chi connectivity index (χ1n) is 9.38. The van der Waals surface area contributed by atoms with Crippen LogP contribution in [0.1, 0.15) is 18.1 Å². The third-order valence-corrected chi connectivity index (χ3v) is 5.50. The van der Waals surface area contributed by atoms with Gasteiger partial charge in [0.05, 0.1) is 17.2 Å². The molecule has 0 unspecified atom stereocenters. The fraction of sp³-hybridized carbons (Fsp3) is 0.350. The van der Waals surface area contributed by atoms with Crippen LogP contribution in [0.15, 0.2) is 36.5 Å². The number of amides is 1. The zero-order valence-electron chi connectivity index (χ0n) is 16.2. The SMILES string of the molecule is C[C@H](C(=O)Nc1ccc(C#N)cc1)[NH+]1CCN(c2[nH+]cc(C(F)(F)F)cc2Cl)CC1. The Balaban J connectivity index is 1.58. The average Bonchev–Trinajstić information content (AvgIpc) is 2.73. The summed E-state index contributed by atoms with van der Waals surface area (Å²) >= 11 is 6.07. The number of aromatic nitrogens is 1. The lowest BCUT2D eigenvalue weighted by Crippen LogP contribution is -3.19. The molecule has 1 atom stereocenters. The van der Waals surface area contributed by atoms with Crippen LogP contribution < -0.4 is 20.1 Å². The van der Waals surface area contributed by atoms with Gasteiger partial charge in [-0.25, -0.2) is 9.88 Å². The number of halogens is 4. The fourth-order valence-corrected chi connectivity index (χ4v) is 3.67. The molecule has 1 aliphatic heterocycles. The van der Waals surface area contributed by atoms with Crippen LogP contribution in [0.5, 0.6) is 0 Å². The third kappa shape index (κ3) is 5.01. The second kappa shape index (κ2) is 8.90. The van der Waals surface area contributed by atoms with Gasteiger partial charge in [-0.15, -0.1) is 0 Å². The van der Waals surface area contributed by atoms with Gasteiger partial charge in [-0.3, -0.25) is 4.79 Å². The van der Waals surface area contributed by atoms with Gasteiger partial charge in [-0.05, 0) is 37.3 Å². The van der Waals surface area contributed by atoms with Crippen molar-refractivity contribution in [1.82, 2.24) is 0 Å². The number of anilines is 2. The molecule has 0 aliphatic carbocycles. The number of aromatic amines is 1. The predicted octanol–water partition coefficient (Wildman–Crippen LogP) is 1.78. The van der Waals surface area contributed by atoms with E-state index in [4.69, 9.17) is 16.9 Å². The summed E-state index contributed by atoms with van der Waals surface area (Å²) in [6.07, 6.45) is -3.55. The van der Waals surface area contributed by atoms with Crippen molar-refractivity contribution in [1.29, 1.82) is 5.26 Å². The Morgan fingerprint density at radius 3 is 2.47 bits per heavy atom. The number of nitrogens with zero attached hydrogens (tertiary/aromatic N) is 2. The van der Waals surface area contributed by atoms with E-state index in [1.165, 1.54) is 0 Å². The molecular weight excluding hydrogens is 419 g/mol. The molecule has 1 fully saturated rings. The van der Waals surface area contributed by atoms with Crippen molar-refractivity contribution < 1.29 is 27.8 Å². The molecule has 6 nitrogen and oxygen atoms in total. The van der Waals surface area contributed by atoms with Crippen LogP contribution in [0.2, 0.25) is 5.02 Å². The van der Waals surface area contributed by atoms with Gasteiger partial charge < -0.3 is 10.2 Å². The van der Waals surface area contributed by atoms with Crippen molar-refractivity contribution in [3.63, 3.8) is 0 Å². The number of hydrogen-bond acceptors (Lipinski definition) is 3. The first kappa shape index (κ1) is 21.9. The first-order chi connectivity index (χ1) is 14.2. The average molecular weight is 440 g/mol. The zero-order chi connectivity index (χ0) is 21.9. The molecule has 1 aromatic carbocycles. The van der Waals surface area contributed by atoms with E-state index in [1.807, 2.05) is 17.9 Å². The molecule has 1 aliphatic rings. The summed E-state index contributed by atoms with van der Waals surface area (Å²) in [6.45, 7) is 4.19. The maximum Gasteiger partial charge on any atom is 0.419 e. The van der Waals surface area contributed by atoms with Crippen molar-refractivity contribution in [2.45, 2.75) is 19.1 Å². The summed E-state index contributed by atoms with van der Waals surface area (Å²) in [4.78, 5) is 18.2. The van der Waals surface area contributed by atoms with Gasteiger partial charge in [-0.1, -0.05) is 11.6 Å². The number of benzene rings is 1. The molecule has 3 N–H and O–H groups in total. The highest BCUT2D eigenvalue weighted by Crippen LogP contribution is 2.32. The highest BCUT2D eigenvalue weighted by molar-refractivity contribution is 6.32. The molecule has 0 saturated carbocycles. The summed E-state index contributed by atoms with van der Waals surface area (Å²) in [7, 11) is 0. The molecule has 0 bridgehead atoms. The van der Waals surface area contributed by atoms with Crippen LogP contribution >= 0.6 is 11.6 Å². The van der Waals surface area contributed by atoms with E-state index in [1.54, 1.807) is 24.3 Å². The molecule has 2 aromatic rings. The Labute approximate surface area is 176 Å². The molecule has 0 radical (unpaired) electrons. The number of pyridine rings is 1. The number of alkyl halides is 3. The van der Waals surface area contributed by atoms with E-state index in [0.717, 1.165) is 17.2 Å². The smallest absolute Gasteiger partial charge is 0.321 e. The molecule has 10 heteroatoms. The van der Waals surface area contributed by atoms with Crippen LogP contribution in [0, 0.1) is 11.3 Å². The van der Waals surface area contributed by atoms with Gasteiger partial charge in [0, 0.05) is 5.69 Å². The quantitative estimate of drug-likeness (QED) is 0.762. The van der Waals surface area contributed by atoms with Gasteiger partial charge >= 0.3 is 6.18 Å². The summed E-state index contributed by atoms with van der Waals surface area (Å²) in [6, 6.07) is 9.26. The van der Waals surface area contributed by atoms with Gasteiger partial charge in [0.15, 0.2) is 6.04 Å². The standard InChI is InChI=1S/C20H19ClF3N5O/c1-13(19(30)27-16-4-2-14(11-25)3-5-16)28-6-8-29(9-7-28)18-17(21)10-15(12-26-18)20(22,23)24/h2-5,10,12-13H,6-9H2,1H3,(H,27,30)/p+2/t13-/m1/s1. The molecule has 158 valence electrons. The summed E-state index contributed by atoms with van der Waals surface area (Å²) in [5, 5.41) is 11.7. The summed E-state index contributed by atoms with van der Waals surface area (Å²) in [5.74, 6) is 0.306. The number of nitriles is 1. The minimum Gasteiger partial charge on any atom is -0.321 e. The number of carbonyl (C=O) groups excluding carboxylic acids is 1. The molecule has 1 saturated heterocycles. The predicted molar refractivity (Wildman–Crippen MR) is 105 cm³/mol. The molecule has 1 amide bonds. The lowest BCUT2D eigenvalue weighted by atomic mass is 10.2. The minimum atomic E-state index is -4.46. The van der Waals surface area contributed by atoms with E-state index < -0.39 is 11.7 Å². The normalized spacial score (nSPS) is 16.1. The molecular formula is C20H21ClF3N5O+2. The molecule has 1 aromatic heterocycles. The van der Waals surface area contributed by atoms with Crippen molar-refractivity contribution in [3.05, 3.63) is 52.7 Å². The number of hydrogen-bond donors (Lipinski definition) is 2. The molecule has 0 spiro atoms. The van der Waals surface area contributed by atoms with Crippen molar-refractivity contribution in [2.75, 3.05) is 36.4 Å². The van der Waals surface area contributed by atoms with Crippen LogP contribution in [0.4, 0.5) is 24.7 Å². The third-order valence-electron chi connectivity index (χ3n) is 5.21. The van der Waals surface area contributed by atoms with E-state index >= 15 is 0 Å². The summed E-state index contributed by atoms with van der Waals surface area (Å²) < 4.78 is 38.4. The van der Waals surface area contributed by atoms with E-state index in [-0.39, 0.29) is 17.0 Å². The molecule has 2 heterocycles. The largest absolute Gasteiger partial charge is 0.419 e. The van der Waals surface area contributed by atoms with Crippen molar-refractivity contribution in [3.8, 4) is 6.07 Å². The highest BCUT2D eigenvalue weighted by atomic mass is 35.5. The topological polar surface area (TPSA) is 74.7 Å². The maximum absolute atomic E-state index is 12.8. The Hall–Kier alpha value is -2.83. The number of H-pyrrole nitrogens is 1. The monoisotopic (exact) mass is 439 g/mol. The maximum atomic E-state index is 12.8. The lowest BCUT2D eigenvalue weighted by molar-refractivity contribution is -0.914. The second-order valence-electron chi connectivity index (χ2n) is 7.13. The van der Waals surface area contributed by atoms with Crippen molar-refractivity contribution >= 4 is 29.0 Å². The Morgan fingerprint density at radius 2 is 1.93 bits per heavy atom. The van der Waals surface area contributed by atoms with Crippen LogP contribution in [0.25, 0.3) is 0 Å². The van der Waals surface area contributed by atoms with Gasteiger partial charge in [0.25, 0.3) is 11.7 Å². The Morgan fingerprint density at radius 1 is 1.30 bits per heavy atom. The van der Waals surface area contributed by atoms with Crippen molar-refractivity contribution in [2.24, 2.45) is 0 Å². The number of piperazine rings is 1. The van der Waals surface area contributed by atoms with E-state index in [2.05, 4.69) is 10.3 Å². The zero-order valence-corrected chi connectivity index (χ0v) is 16.9. The highest BCUT2D eigenvalue weighted by Gasteiger charge is 2.36. The van der Waals surface area contributed by atoms with Gasteiger partial charge in [0.2, 0.25) is 0 Å². The first-order valence-corrected chi connectivity index (χ1v) is 9.76. The van der Waals surface area contributed by atoms with Crippen LogP contribution in [-0.4, -0.2) is 38.1 Å². The van der Waals surface area contributed by atoms with E-state index in [0.29, 0.717) is 43.2 Å².